The number of rotatable bonds is 5. The Balaban J connectivity index is 2.14. The van der Waals surface area contributed by atoms with Crippen LogP contribution in [0.15, 0.2) is 39.6 Å². The molecule has 0 aliphatic carbocycles. The molecule has 0 amide bonds. The second-order valence-corrected chi connectivity index (χ2v) is 5.53. The fourth-order valence-corrected chi connectivity index (χ4v) is 2.95. The zero-order valence-corrected chi connectivity index (χ0v) is 12.7. The lowest BCUT2D eigenvalue weighted by atomic mass is 10.1. The first-order valence-electron chi connectivity index (χ1n) is 6.69. The van der Waals surface area contributed by atoms with Crippen LogP contribution < -0.4 is 0 Å². The van der Waals surface area contributed by atoms with Gasteiger partial charge in [-0.05, 0) is 37.0 Å². The van der Waals surface area contributed by atoms with Gasteiger partial charge in [0.25, 0.3) is 0 Å². The van der Waals surface area contributed by atoms with Gasteiger partial charge in [0, 0.05) is 28.5 Å². The zero-order valence-electron chi connectivity index (χ0n) is 11.9. The third kappa shape index (κ3) is 2.50. The predicted octanol–water partition coefficient (Wildman–Crippen LogP) is 3.21. The van der Waals surface area contributed by atoms with Crippen molar-refractivity contribution in [2.24, 2.45) is 4.99 Å². The van der Waals surface area contributed by atoms with Crippen LogP contribution in [0.4, 0.5) is 5.82 Å². The maximum atomic E-state index is 11.4. The van der Waals surface area contributed by atoms with Crippen molar-refractivity contribution in [3.05, 3.63) is 35.8 Å². The molecule has 3 aromatic rings. The second kappa shape index (κ2) is 6.07. The normalized spacial score (nSPS) is 10.8. The minimum Gasteiger partial charge on any atom is -0.342 e. The Bertz CT molecular complexity index is 844. The van der Waals surface area contributed by atoms with E-state index in [2.05, 4.69) is 31.6 Å². The number of hydrogen-bond acceptors (Lipinski definition) is 6. The molecule has 0 aliphatic rings. The molecule has 110 valence electrons. The summed E-state index contributed by atoms with van der Waals surface area (Å²) < 4.78 is 0. The third-order valence-electron chi connectivity index (χ3n) is 3.20. The average Bonchev–Trinajstić information content (AvgIpc) is 2.92. The summed E-state index contributed by atoms with van der Waals surface area (Å²) in [7, 11) is 0. The highest BCUT2D eigenvalue weighted by Crippen LogP contribution is 2.32. The van der Waals surface area contributed by atoms with Crippen molar-refractivity contribution in [3.8, 4) is 0 Å². The van der Waals surface area contributed by atoms with Crippen LogP contribution in [0.3, 0.4) is 0 Å². The van der Waals surface area contributed by atoms with Crippen molar-refractivity contribution in [3.63, 3.8) is 0 Å². The Kier molecular flexibility index (Phi) is 3.97. The van der Waals surface area contributed by atoms with Gasteiger partial charge in [0.2, 0.25) is 0 Å². The highest BCUT2D eigenvalue weighted by atomic mass is 32.2. The molecule has 3 heterocycles. The van der Waals surface area contributed by atoms with Crippen LogP contribution in [0, 0.1) is 0 Å². The van der Waals surface area contributed by atoms with Crippen molar-refractivity contribution >= 4 is 41.6 Å². The molecule has 0 fully saturated rings. The summed E-state index contributed by atoms with van der Waals surface area (Å²) in [5, 5.41) is 1.15. The van der Waals surface area contributed by atoms with E-state index in [-0.39, 0.29) is 0 Å². The van der Waals surface area contributed by atoms with Crippen molar-refractivity contribution < 1.29 is 4.79 Å². The number of aryl methyl sites for hydroxylation is 1. The summed E-state index contributed by atoms with van der Waals surface area (Å²) >= 11 is 1.38. The number of nitrogens with zero attached hydrogens (tertiary/aromatic N) is 4. The van der Waals surface area contributed by atoms with Crippen molar-refractivity contribution in [2.75, 3.05) is 0 Å². The molecule has 0 spiro atoms. The molecule has 6 nitrogen and oxygen atoms in total. The SMILES string of the molecule is C=Nc1nc(Sc2cccnc2)nc2[nH]c(CC)c(C=O)c12. The molecule has 0 atom stereocenters. The molecule has 0 bridgehead atoms. The first kappa shape index (κ1) is 14.4. The van der Waals surface area contributed by atoms with E-state index >= 15 is 0 Å². The lowest BCUT2D eigenvalue weighted by Gasteiger charge is -2.02. The van der Waals surface area contributed by atoms with E-state index in [1.165, 1.54) is 11.8 Å². The summed E-state index contributed by atoms with van der Waals surface area (Å²) in [6.07, 6.45) is 4.96. The summed E-state index contributed by atoms with van der Waals surface area (Å²) in [5.74, 6) is 0.412. The van der Waals surface area contributed by atoms with E-state index in [9.17, 15) is 4.79 Å². The molecule has 3 aromatic heterocycles. The van der Waals surface area contributed by atoms with Crippen molar-refractivity contribution in [1.82, 2.24) is 19.9 Å². The number of aromatic amines is 1. The van der Waals surface area contributed by atoms with Crippen LogP contribution in [-0.2, 0) is 6.42 Å². The number of fused-ring (bicyclic) bond motifs is 1. The smallest absolute Gasteiger partial charge is 0.196 e. The Morgan fingerprint density at radius 3 is 2.95 bits per heavy atom. The molecule has 0 radical (unpaired) electrons. The minimum absolute atomic E-state index is 0.412. The molecular weight excluding hydrogens is 298 g/mol. The topological polar surface area (TPSA) is 83.9 Å². The van der Waals surface area contributed by atoms with Crippen LogP contribution in [0.25, 0.3) is 11.0 Å². The molecule has 0 aromatic carbocycles. The monoisotopic (exact) mass is 311 g/mol. The number of nitrogens with one attached hydrogen (secondary N) is 1. The van der Waals surface area contributed by atoms with Crippen LogP contribution in [0.2, 0.25) is 0 Å². The van der Waals surface area contributed by atoms with E-state index in [0.29, 0.717) is 34.0 Å². The van der Waals surface area contributed by atoms with E-state index in [0.717, 1.165) is 16.9 Å². The highest BCUT2D eigenvalue weighted by molar-refractivity contribution is 7.99. The fraction of sp³-hybridized carbons (Fsp3) is 0.133. The van der Waals surface area contributed by atoms with Crippen LogP contribution in [0.1, 0.15) is 23.0 Å². The van der Waals surface area contributed by atoms with Gasteiger partial charge in [-0.25, -0.2) is 15.0 Å². The Hall–Kier alpha value is -2.54. The van der Waals surface area contributed by atoms with E-state index < -0.39 is 0 Å². The maximum absolute atomic E-state index is 11.4. The molecule has 0 saturated carbocycles. The van der Waals surface area contributed by atoms with Gasteiger partial charge in [-0.2, -0.15) is 0 Å². The number of aromatic nitrogens is 4. The van der Waals surface area contributed by atoms with Crippen molar-refractivity contribution in [1.29, 1.82) is 0 Å². The van der Waals surface area contributed by atoms with Gasteiger partial charge in [0.15, 0.2) is 17.3 Å². The van der Waals surface area contributed by atoms with Crippen LogP contribution >= 0.6 is 11.8 Å². The molecule has 0 unspecified atom stereocenters. The van der Waals surface area contributed by atoms with E-state index in [4.69, 9.17) is 0 Å². The number of aliphatic imine (C=N–C) groups is 1. The predicted molar refractivity (Wildman–Crippen MR) is 86.2 cm³/mol. The average molecular weight is 311 g/mol. The summed E-state index contributed by atoms with van der Waals surface area (Å²) in [6.45, 7) is 5.52. The number of hydrogen-bond donors (Lipinski definition) is 1. The van der Waals surface area contributed by atoms with Gasteiger partial charge < -0.3 is 4.98 Å². The van der Waals surface area contributed by atoms with Crippen molar-refractivity contribution in [2.45, 2.75) is 23.4 Å². The van der Waals surface area contributed by atoms with Gasteiger partial charge in [0.05, 0.1) is 5.39 Å². The number of carbonyl (C=O) groups is 1. The lowest BCUT2D eigenvalue weighted by molar-refractivity contribution is 0.112. The lowest BCUT2D eigenvalue weighted by Crippen LogP contribution is -1.90. The Labute approximate surface area is 131 Å². The van der Waals surface area contributed by atoms with Gasteiger partial charge in [-0.3, -0.25) is 9.78 Å². The molecule has 7 heteroatoms. The second-order valence-electron chi connectivity index (χ2n) is 4.49. The Morgan fingerprint density at radius 1 is 1.45 bits per heavy atom. The third-order valence-corrected chi connectivity index (χ3v) is 4.04. The Morgan fingerprint density at radius 2 is 2.32 bits per heavy atom. The standard InChI is InChI=1S/C15H13N5OS/c1-3-11-10(8-21)12-13(16-2)19-15(20-14(12)18-11)22-9-5-4-6-17-7-9/h4-8H,2-3H2,1H3,(H,18,19,20). The van der Waals surface area contributed by atoms with Crippen LogP contribution in [0.5, 0.6) is 0 Å². The van der Waals surface area contributed by atoms with E-state index in [1.54, 1.807) is 12.4 Å². The van der Waals surface area contributed by atoms with E-state index in [1.807, 2.05) is 19.1 Å². The van der Waals surface area contributed by atoms with Gasteiger partial charge in [-0.15, -0.1) is 0 Å². The quantitative estimate of drug-likeness (QED) is 0.444. The highest BCUT2D eigenvalue weighted by Gasteiger charge is 2.17. The molecule has 1 N–H and O–H groups in total. The molecule has 0 aliphatic heterocycles. The number of H-pyrrole nitrogens is 1. The van der Waals surface area contributed by atoms with Crippen LogP contribution in [-0.4, -0.2) is 32.9 Å². The van der Waals surface area contributed by atoms with Gasteiger partial charge in [0.1, 0.15) is 5.65 Å². The summed E-state index contributed by atoms with van der Waals surface area (Å²) in [5.41, 5.74) is 1.98. The molecule has 3 rings (SSSR count). The molecular formula is C15H13N5OS. The molecule has 0 saturated heterocycles. The number of pyridine rings is 1. The summed E-state index contributed by atoms with van der Waals surface area (Å²) in [4.78, 5) is 32.3. The van der Waals surface area contributed by atoms with Gasteiger partial charge in [-0.1, -0.05) is 6.92 Å². The van der Waals surface area contributed by atoms with Gasteiger partial charge >= 0.3 is 0 Å². The first-order valence-corrected chi connectivity index (χ1v) is 7.50. The fourth-order valence-electron chi connectivity index (χ4n) is 2.21. The zero-order chi connectivity index (χ0) is 15.5. The number of carbonyl (C=O) groups excluding carboxylic acids is 1. The largest absolute Gasteiger partial charge is 0.342 e. The first-order chi connectivity index (χ1) is 10.8. The number of aldehydes is 1. The molecule has 22 heavy (non-hydrogen) atoms. The maximum Gasteiger partial charge on any atom is 0.196 e. The summed E-state index contributed by atoms with van der Waals surface area (Å²) in [6, 6.07) is 3.77. The minimum atomic E-state index is 0.412.